The van der Waals surface area contributed by atoms with Gasteiger partial charge in [-0.1, -0.05) is 42.8 Å². The molecule has 0 unspecified atom stereocenters. The highest BCUT2D eigenvalue weighted by atomic mass is 16.2. The van der Waals surface area contributed by atoms with Crippen molar-refractivity contribution in [2.75, 3.05) is 10.6 Å². The second-order valence-corrected chi connectivity index (χ2v) is 5.44. The van der Waals surface area contributed by atoms with Gasteiger partial charge >= 0.3 is 6.03 Å². The van der Waals surface area contributed by atoms with E-state index in [-0.39, 0.29) is 0 Å². The Hall–Kier alpha value is -3.16. The standard InChI is InChI=1S/C16H19N7O/c1-3-4-11-5-7-12(8-6-11)13-9-14(21-20-13)18-16(24)19-15-10-17-22-23(15)2/h5-10H,3-4H2,1-2H3,(H3,18,19,20,21,24). The van der Waals surface area contributed by atoms with Gasteiger partial charge < -0.3 is 0 Å². The largest absolute Gasteiger partial charge is 0.326 e. The van der Waals surface area contributed by atoms with Crippen LogP contribution in [0.1, 0.15) is 18.9 Å². The molecular formula is C16H19N7O. The van der Waals surface area contributed by atoms with Crippen LogP contribution >= 0.6 is 0 Å². The average Bonchev–Trinajstić information content (AvgIpc) is 3.18. The number of amides is 2. The summed E-state index contributed by atoms with van der Waals surface area (Å²) in [6.45, 7) is 2.16. The molecule has 3 N–H and O–H groups in total. The van der Waals surface area contributed by atoms with Crippen LogP contribution < -0.4 is 10.6 Å². The van der Waals surface area contributed by atoms with Crippen molar-refractivity contribution in [3.05, 3.63) is 42.1 Å². The van der Waals surface area contributed by atoms with Crippen molar-refractivity contribution in [1.29, 1.82) is 0 Å². The summed E-state index contributed by atoms with van der Waals surface area (Å²) < 4.78 is 1.47. The van der Waals surface area contributed by atoms with E-state index in [1.165, 1.54) is 16.4 Å². The normalized spacial score (nSPS) is 10.6. The molecule has 124 valence electrons. The maximum absolute atomic E-state index is 11.9. The number of aryl methyl sites for hydroxylation is 2. The Labute approximate surface area is 139 Å². The molecule has 2 heterocycles. The highest BCUT2D eigenvalue weighted by Gasteiger charge is 2.09. The van der Waals surface area contributed by atoms with Gasteiger partial charge in [0.25, 0.3) is 0 Å². The maximum Gasteiger partial charge on any atom is 0.326 e. The number of aromatic amines is 1. The van der Waals surface area contributed by atoms with Crippen molar-refractivity contribution in [2.45, 2.75) is 19.8 Å². The molecule has 0 fully saturated rings. The minimum absolute atomic E-state index is 0.406. The number of anilines is 2. The van der Waals surface area contributed by atoms with Gasteiger partial charge in [-0.05, 0) is 17.5 Å². The predicted octanol–water partition coefficient (Wildman–Crippen LogP) is 2.80. The molecule has 0 radical (unpaired) electrons. The molecular weight excluding hydrogens is 306 g/mol. The van der Waals surface area contributed by atoms with Crippen molar-refractivity contribution in [1.82, 2.24) is 25.2 Å². The molecule has 0 saturated carbocycles. The first-order valence-electron chi connectivity index (χ1n) is 7.73. The van der Waals surface area contributed by atoms with E-state index in [1.54, 1.807) is 13.1 Å². The van der Waals surface area contributed by atoms with Crippen LogP contribution in [-0.2, 0) is 13.5 Å². The highest BCUT2D eigenvalue weighted by Crippen LogP contribution is 2.20. The lowest BCUT2D eigenvalue weighted by Crippen LogP contribution is -2.21. The Balaban J connectivity index is 1.64. The summed E-state index contributed by atoms with van der Waals surface area (Å²) >= 11 is 0. The molecule has 0 bridgehead atoms. The van der Waals surface area contributed by atoms with Gasteiger partial charge in [0.15, 0.2) is 11.6 Å². The Bertz CT molecular complexity index is 819. The van der Waals surface area contributed by atoms with Gasteiger partial charge in [-0.2, -0.15) is 5.10 Å². The molecule has 0 aliphatic carbocycles. The van der Waals surface area contributed by atoms with Crippen molar-refractivity contribution in [2.24, 2.45) is 7.05 Å². The fourth-order valence-corrected chi connectivity index (χ4v) is 2.34. The zero-order chi connectivity index (χ0) is 16.9. The summed E-state index contributed by atoms with van der Waals surface area (Å²) in [4.78, 5) is 11.9. The number of carbonyl (C=O) groups excluding carboxylic acids is 1. The van der Waals surface area contributed by atoms with Crippen LogP contribution in [0, 0.1) is 0 Å². The number of hydrogen-bond donors (Lipinski definition) is 3. The third-order valence-corrected chi connectivity index (χ3v) is 3.58. The molecule has 0 aliphatic rings. The van der Waals surface area contributed by atoms with Crippen molar-refractivity contribution in [3.8, 4) is 11.3 Å². The number of H-pyrrole nitrogens is 1. The van der Waals surface area contributed by atoms with Crippen molar-refractivity contribution >= 4 is 17.7 Å². The summed E-state index contributed by atoms with van der Waals surface area (Å²) in [5.74, 6) is 0.935. The van der Waals surface area contributed by atoms with Gasteiger partial charge in [0.05, 0.1) is 11.9 Å². The second kappa shape index (κ2) is 6.95. The van der Waals surface area contributed by atoms with Crippen LogP contribution in [0.3, 0.4) is 0 Å². The Morgan fingerprint density at radius 3 is 2.71 bits per heavy atom. The smallest absolute Gasteiger partial charge is 0.291 e. The lowest BCUT2D eigenvalue weighted by molar-refractivity contribution is 0.262. The van der Waals surface area contributed by atoms with E-state index in [0.717, 1.165) is 24.1 Å². The fraction of sp³-hybridized carbons (Fsp3) is 0.250. The summed E-state index contributed by atoms with van der Waals surface area (Å²) in [6.07, 6.45) is 3.66. The molecule has 24 heavy (non-hydrogen) atoms. The number of benzene rings is 1. The molecule has 0 atom stereocenters. The molecule has 1 aromatic carbocycles. The van der Waals surface area contributed by atoms with Crippen LogP contribution in [0.5, 0.6) is 0 Å². The van der Waals surface area contributed by atoms with E-state index >= 15 is 0 Å². The van der Waals surface area contributed by atoms with Gasteiger partial charge in [-0.3, -0.25) is 15.7 Å². The van der Waals surface area contributed by atoms with Gasteiger partial charge in [-0.15, -0.1) is 5.10 Å². The molecule has 0 spiro atoms. The molecule has 8 nitrogen and oxygen atoms in total. The fourth-order valence-electron chi connectivity index (χ4n) is 2.34. The van der Waals surface area contributed by atoms with Gasteiger partial charge in [-0.25, -0.2) is 9.48 Å². The minimum atomic E-state index is -0.406. The first-order valence-corrected chi connectivity index (χ1v) is 7.73. The van der Waals surface area contributed by atoms with Gasteiger partial charge in [0.1, 0.15) is 0 Å². The predicted molar refractivity (Wildman–Crippen MR) is 91.7 cm³/mol. The van der Waals surface area contributed by atoms with Crippen LogP contribution in [-0.4, -0.2) is 31.2 Å². The van der Waals surface area contributed by atoms with Gasteiger partial charge in [0, 0.05) is 13.1 Å². The van der Waals surface area contributed by atoms with E-state index in [2.05, 4.69) is 50.2 Å². The van der Waals surface area contributed by atoms with Crippen LogP contribution in [0.2, 0.25) is 0 Å². The Kier molecular flexibility index (Phi) is 4.55. The van der Waals surface area contributed by atoms with E-state index in [0.29, 0.717) is 11.6 Å². The van der Waals surface area contributed by atoms with Gasteiger partial charge in [0.2, 0.25) is 0 Å². The highest BCUT2D eigenvalue weighted by molar-refractivity contribution is 5.98. The van der Waals surface area contributed by atoms with E-state index in [4.69, 9.17) is 0 Å². The van der Waals surface area contributed by atoms with Crippen LogP contribution in [0.15, 0.2) is 36.5 Å². The SMILES string of the molecule is CCCc1ccc(-c2cc(NC(=O)Nc3cnnn3C)n[nH]2)cc1. The van der Waals surface area contributed by atoms with Crippen LogP contribution in [0.4, 0.5) is 16.4 Å². The third kappa shape index (κ3) is 3.60. The summed E-state index contributed by atoms with van der Waals surface area (Å²) in [5, 5.41) is 19.8. The molecule has 3 rings (SSSR count). The summed E-state index contributed by atoms with van der Waals surface area (Å²) in [5.41, 5.74) is 3.17. The minimum Gasteiger partial charge on any atom is -0.291 e. The summed E-state index contributed by atoms with van der Waals surface area (Å²) in [7, 11) is 1.69. The number of hydrogen-bond acceptors (Lipinski definition) is 4. The molecule has 2 amide bonds. The zero-order valence-electron chi connectivity index (χ0n) is 13.6. The third-order valence-electron chi connectivity index (χ3n) is 3.58. The zero-order valence-corrected chi connectivity index (χ0v) is 13.6. The number of nitrogens with one attached hydrogen (secondary N) is 3. The van der Waals surface area contributed by atoms with E-state index in [1.807, 2.05) is 12.1 Å². The Morgan fingerprint density at radius 2 is 2.04 bits per heavy atom. The lowest BCUT2D eigenvalue weighted by atomic mass is 10.1. The first kappa shape index (κ1) is 15.7. The second-order valence-electron chi connectivity index (χ2n) is 5.44. The first-order chi connectivity index (χ1) is 11.7. The average molecular weight is 325 g/mol. The number of rotatable bonds is 5. The number of urea groups is 1. The summed E-state index contributed by atoms with van der Waals surface area (Å²) in [6, 6.07) is 9.68. The van der Waals surface area contributed by atoms with Crippen LogP contribution in [0.25, 0.3) is 11.3 Å². The Morgan fingerprint density at radius 1 is 1.25 bits per heavy atom. The van der Waals surface area contributed by atoms with E-state index < -0.39 is 6.03 Å². The maximum atomic E-state index is 11.9. The molecule has 0 aliphatic heterocycles. The lowest BCUT2D eigenvalue weighted by Gasteiger charge is -2.04. The topological polar surface area (TPSA) is 101 Å². The molecule has 2 aromatic heterocycles. The van der Waals surface area contributed by atoms with E-state index in [9.17, 15) is 4.79 Å². The molecule has 0 saturated heterocycles. The number of nitrogens with zero attached hydrogens (tertiary/aromatic N) is 4. The number of carbonyl (C=O) groups is 1. The monoisotopic (exact) mass is 325 g/mol. The number of aromatic nitrogens is 5. The molecule has 3 aromatic rings. The quantitative estimate of drug-likeness (QED) is 0.671. The van der Waals surface area contributed by atoms with Crippen molar-refractivity contribution in [3.63, 3.8) is 0 Å². The molecule has 8 heteroatoms. The van der Waals surface area contributed by atoms with Crippen molar-refractivity contribution < 1.29 is 4.79 Å².